The zero-order valence-corrected chi connectivity index (χ0v) is 9.01. The maximum absolute atomic E-state index is 11.4. The number of hydrogen-bond donors (Lipinski definition) is 2. The van der Waals surface area contributed by atoms with Gasteiger partial charge in [-0.15, -0.1) is 0 Å². The van der Waals surface area contributed by atoms with E-state index in [4.69, 9.17) is 0 Å². The molecule has 0 amide bonds. The Morgan fingerprint density at radius 3 is 2.82 bits per heavy atom. The number of aromatic amines is 1. The SMILES string of the molecule is O=S(=O)(O)c1c2ncncc2cc2n[nH]nc12. The van der Waals surface area contributed by atoms with Crippen LogP contribution in [0.2, 0.25) is 0 Å². The van der Waals surface area contributed by atoms with Crippen LogP contribution in [0, 0.1) is 0 Å². The number of nitrogens with one attached hydrogen (secondary N) is 1. The van der Waals surface area contributed by atoms with E-state index in [0.717, 1.165) is 0 Å². The lowest BCUT2D eigenvalue weighted by molar-refractivity contribution is 0.485. The van der Waals surface area contributed by atoms with E-state index in [1.807, 2.05) is 0 Å². The molecule has 0 aliphatic rings. The Labute approximate surface area is 94.4 Å². The third kappa shape index (κ3) is 1.44. The van der Waals surface area contributed by atoms with Gasteiger partial charge >= 0.3 is 0 Å². The molecule has 0 unspecified atom stereocenters. The normalized spacial score (nSPS) is 12.3. The summed E-state index contributed by atoms with van der Waals surface area (Å²) >= 11 is 0. The number of H-pyrrole nitrogens is 1. The lowest BCUT2D eigenvalue weighted by atomic mass is 10.2. The van der Waals surface area contributed by atoms with Crippen LogP contribution in [0.1, 0.15) is 0 Å². The second kappa shape index (κ2) is 3.18. The first-order valence-electron chi connectivity index (χ1n) is 4.48. The van der Waals surface area contributed by atoms with Crippen LogP contribution in [0.5, 0.6) is 0 Å². The van der Waals surface area contributed by atoms with Crippen molar-refractivity contribution < 1.29 is 13.0 Å². The molecule has 0 atom stereocenters. The van der Waals surface area contributed by atoms with E-state index in [1.54, 1.807) is 6.07 Å². The standard InChI is InChI=1S/C8H5N5O3S/c14-17(15,16)8-6-4(2-9-3-10-6)1-5-7(8)12-13-11-5/h1-3H,(H,11,12,13)(H,14,15,16). The third-order valence-electron chi connectivity index (χ3n) is 2.30. The lowest BCUT2D eigenvalue weighted by Crippen LogP contribution is -2.02. The second-order valence-electron chi connectivity index (χ2n) is 3.33. The van der Waals surface area contributed by atoms with E-state index in [-0.39, 0.29) is 15.9 Å². The minimum atomic E-state index is -4.44. The van der Waals surface area contributed by atoms with Gasteiger partial charge < -0.3 is 0 Å². The summed E-state index contributed by atoms with van der Waals surface area (Å²) < 4.78 is 32.0. The molecule has 2 N–H and O–H groups in total. The monoisotopic (exact) mass is 251 g/mol. The maximum Gasteiger partial charge on any atom is 0.299 e. The minimum absolute atomic E-state index is 0.0544. The molecule has 17 heavy (non-hydrogen) atoms. The van der Waals surface area contributed by atoms with Gasteiger partial charge in [-0.3, -0.25) is 4.55 Å². The molecular formula is C8H5N5O3S. The van der Waals surface area contributed by atoms with Crippen LogP contribution < -0.4 is 0 Å². The van der Waals surface area contributed by atoms with Crippen LogP contribution in [0.15, 0.2) is 23.5 Å². The summed E-state index contributed by atoms with van der Waals surface area (Å²) in [7, 11) is -4.44. The minimum Gasteiger partial charge on any atom is -0.282 e. The van der Waals surface area contributed by atoms with Gasteiger partial charge in [0.15, 0.2) is 0 Å². The molecule has 0 spiro atoms. The molecule has 2 heterocycles. The van der Waals surface area contributed by atoms with Gasteiger partial charge in [-0.05, 0) is 6.07 Å². The molecule has 0 saturated carbocycles. The van der Waals surface area contributed by atoms with Crippen molar-refractivity contribution in [2.24, 2.45) is 0 Å². The molecular weight excluding hydrogens is 246 g/mol. The Balaban J connectivity index is 2.67. The summed E-state index contributed by atoms with van der Waals surface area (Å²) in [5.41, 5.74) is 0.488. The number of hydrogen-bond acceptors (Lipinski definition) is 6. The summed E-state index contributed by atoms with van der Waals surface area (Å²) in [5, 5.41) is 10.2. The number of aromatic nitrogens is 5. The number of fused-ring (bicyclic) bond motifs is 2. The fourth-order valence-electron chi connectivity index (χ4n) is 1.65. The van der Waals surface area contributed by atoms with Gasteiger partial charge in [0.25, 0.3) is 10.1 Å². The highest BCUT2D eigenvalue weighted by Crippen LogP contribution is 2.27. The van der Waals surface area contributed by atoms with Crippen LogP contribution in [0.3, 0.4) is 0 Å². The van der Waals surface area contributed by atoms with Gasteiger partial charge in [0, 0.05) is 11.6 Å². The molecule has 1 aromatic carbocycles. The summed E-state index contributed by atoms with van der Waals surface area (Å²) in [6.07, 6.45) is 2.63. The van der Waals surface area contributed by atoms with Gasteiger partial charge in [0.2, 0.25) is 0 Å². The fourth-order valence-corrected chi connectivity index (χ4v) is 2.46. The van der Waals surface area contributed by atoms with Gasteiger partial charge in [-0.2, -0.15) is 23.8 Å². The molecule has 0 radical (unpaired) electrons. The third-order valence-corrected chi connectivity index (χ3v) is 3.20. The average Bonchev–Trinajstić information content (AvgIpc) is 2.71. The summed E-state index contributed by atoms with van der Waals surface area (Å²) in [5.74, 6) is 0. The van der Waals surface area contributed by atoms with E-state index in [2.05, 4.69) is 25.4 Å². The van der Waals surface area contributed by atoms with E-state index < -0.39 is 10.1 Å². The molecule has 86 valence electrons. The zero-order chi connectivity index (χ0) is 12.0. The molecule has 9 heteroatoms. The molecule has 3 rings (SSSR count). The Morgan fingerprint density at radius 2 is 2.06 bits per heavy atom. The quantitative estimate of drug-likeness (QED) is 0.590. The van der Waals surface area contributed by atoms with Crippen LogP contribution in [-0.2, 0) is 10.1 Å². The van der Waals surface area contributed by atoms with Gasteiger partial charge in [-0.1, -0.05) is 0 Å². The molecule has 0 aliphatic carbocycles. The fraction of sp³-hybridized carbons (Fsp3) is 0. The molecule has 0 saturated heterocycles. The summed E-state index contributed by atoms with van der Waals surface area (Å²) in [6, 6.07) is 1.59. The Morgan fingerprint density at radius 1 is 1.24 bits per heavy atom. The number of benzene rings is 1. The first-order valence-corrected chi connectivity index (χ1v) is 5.92. The molecule has 2 aromatic heterocycles. The van der Waals surface area contributed by atoms with Gasteiger partial charge in [0.1, 0.15) is 22.3 Å². The average molecular weight is 251 g/mol. The molecule has 3 aromatic rings. The van der Waals surface area contributed by atoms with Crippen molar-refractivity contribution in [2.45, 2.75) is 4.90 Å². The summed E-state index contributed by atoms with van der Waals surface area (Å²) in [4.78, 5) is 7.27. The Bertz CT molecular complexity index is 825. The molecule has 0 aliphatic heterocycles. The number of rotatable bonds is 1. The van der Waals surface area contributed by atoms with Crippen molar-refractivity contribution in [3.8, 4) is 0 Å². The van der Waals surface area contributed by atoms with Crippen LogP contribution in [0.25, 0.3) is 21.9 Å². The Kier molecular flexibility index (Phi) is 1.88. The predicted molar refractivity (Wildman–Crippen MR) is 56.8 cm³/mol. The van der Waals surface area contributed by atoms with E-state index in [1.165, 1.54) is 12.5 Å². The van der Waals surface area contributed by atoms with Crippen molar-refractivity contribution in [1.29, 1.82) is 0 Å². The van der Waals surface area contributed by atoms with E-state index in [0.29, 0.717) is 10.9 Å². The number of nitrogens with zero attached hydrogens (tertiary/aromatic N) is 4. The smallest absolute Gasteiger partial charge is 0.282 e. The van der Waals surface area contributed by atoms with Crippen molar-refractivity contribution in [1.82, 2.24) is 25.4 Å². The zero-order valence-electron chi connectivity index (χ0n) is 8.19. The van der Waals surface area contributed by atoms with Crippen LogP contribution >= 0.6 is 0 Å². The van der Waals surface area contributed by atoms with Crippen molar-refractivity contribution >= 4 is 32.1 Å². The first kappa shape index (κ1) is 10.1. The topological polar surface area (TPSA) is 122 Å². The lowest BCUT2D eigenvalue weighted by Gasteiger charge is -2.02. The van der Waals surface area contributed by atoms with E-state index in [9.17, 15) is 13.0 Å². The largest absolute Gasteiger partial charge is 0.299 e. The van der Waals surface area contributed by atoms with Gasteiger partial charge in [0.05, 0.1) is 5.52 Å². The summed E-state index contributed by atoms with van der Waals surface area (Å²) in [6.45, 7) is 0. The Hall–Kier alpha value is -2.13. The van der Waals surface area contributed by atoms with Crippen LogP contribution in [0.4, 0.5) is 0 Å². The highest BCUT2D eigenvalue weighted by Gasteiger charge is 2.22. The van der Waals surface area contributed by atoms with Crippen molar-refractivity contribution in [3.63, 3.8) is 0 Å². The molecule has 0 fully saturated rings. The first-order chi connectivity index (χ1) is 8.07. The molecule has 8 nitrogen and oxygen atoms in total. The highest BCUT2D eigenvalue weighted by molar-refractivity contribution is 7.86. The van der Waals surface area contributed by atoms with Crippen molar-refractivity contribution in [3.05, 3.63) is 18.6 Å². The van der Waals surface area contributed by atoms with Crippen molar-refractivity contribution in [2.75, 3.05) is 0 Å². The second-order valence-corrected chi connectivity index (χ2v) is 4.69. The van der Waals surface area contributed by atoms with Crippen LogP contribution in [-0.4, -0.2) is 38.3 Å². The highest BCUT2D eigenvalue weighted by atomic mass is 32.2. The maximum atomic E-state index is 11.4. The molecule has 0 bridgehead atoms. The van der Waals surface area contributed by atoms with Gasteiger partial charge in [-0.25, -0.2) is 9.97 Å². The predicted octanol–water partition coefficient (Wildman–Crippen LogP) is 0.148. The van der Waals surface area contributed by atoms with E-state index >= 15 is 0 Å².